The standard InChI is InChI=1S/C18H27N3O3S/c1-4-11-21(12-5-2)13-10-14-6-7-15-17(25(19,22)23)9-8-16(24-3)18(15)20-14/h6-9H,4-5,10-13H2,1-3H3,(H2,19,22,23). The fourth-order valence-electron chi connectivity index (χ4n) is 3.00. The van der Waals surface area contributed by atoms with Crippen LogP contribution in [0.5, 0.6) is 5.75 Å². The van der Waals surface area contributed by atoms with Gasteiger partial charge >= 0.3 is 0 Å². The van der Waals surface area contributed by atoms with Crippen LogP contribution in [0.4, 0.5) is 0 Å². The van der Waals surface area contributed by atoms with E-state index in [1.54, 1.807) is 19.2 Å². The zero-order valence-corrected chi connectivity index (χ0v) is 16.0. The minimum Gasteiger partial charge on any atom is -0.494 e. The Morgan fingerprint density at radius 2 is 1.76 bits per heavy atom. The first-order valence-corrected chi connectivity index (χ1v) is 10.2. The minimum atomic E-state index is -3.81. The lowest BCUT2D eigenvalue weighted by Gasteiger charge is -2.20. The van der Waals surface area contributed by atoms with E-state index in [1.165, 1.54) is 6.07 Å². The third-order valence-corrected chi connectivity index (χ3v) is 5.10. The van der Waals surface area contributed by atoms with Crippen LogP contribution >= 0.6 is 0 Å². The molecular weight excluding hydrogens is 338 g/mol. The second-order valence-electron chi connectivity index (χ2n) is 6.10. The van der Waals surface area contributed by atoms with Gasteiger partial charge in [0, 0.05) is 24.0 Å². The third-order valence-electron chi connectivity index (χ3n) is 4.13. The van der Waals surface area contributed by atoms with Crippen LogP contribution in [0.3, 0.4) is 0 Å². The number of sulfonamides is 1. The Balaban J connectivity index is 2.35. The summed E-state index contributed by atoms with van der Waals surface area (Å²) in [5.41, 5.74) is 1.44. The first-order valence-electron chi connectivity index (χ1n) is 8.62. The lowest BCUT2D eigenvalue weighted by atomic mass is 10.1. The van der Waals surface area contributed by atoms with Gasteiger partial charge in [-0.15, -0.1) is 0 Å². The maximum Gasteiger partial charge on any atom is 0.238 e. The minimum absolute atomic E-state index is 0.0703. The van der Waals surface area contributed by atoms with Gasteiger partial charge in [-0.1, -0.05) is 13.8 Å². The van der Waals surface area contributed by atoms with Crippen molar-refractivity contribution in [1.82, 2.24) is 9.88 Å². The van der Waals surface area contributed by atoms with E-state index in [0.29, 0.717) is 16.7 Å². The number of hydrogen-bond acceptors (Lipinski definition) is 5. The van der Waals surface area contributed by atoms with E-state index in [2.05, 4.69) is 23.7 Å². The normalized spacial score (nSPS) is 12.0. The highest BCUT2D eigenvalue weighted by Gasteiger charge is 2.16. The van der Waals surface area contributed by atoms with Gasteiger partial charge in [-0.3, -0.25) is 0 Å². The number of primary sulfonamides is 1. The topological polar surface area (TPSA) is 85.5 Å². The number of aromatic nitrogens is 1. The van der Waals surface area contributed by atoms with Crippen molar-refractivity contribution >= 4 is 20.9 Å². The molecule has 2 N–H and O–H groups in total. The summed E-state index contributed by atoms with van der Waals surface area (Å²) in [7, 11) is -2.27. The Morgan fingerprint density at radius 1 is 1.08 bits per heavy atom. The van der Waals surface area contributed by atoms with E-state index < -0.39 is 10.0 Å². The predicted molar refractivity (Wildman–Crippen MR) is 100 cm³/mol. The molecule has 0 bridgehead atoms. The molecule has 6 nitrogen and oxygen atoms in total. The van der Waals surface area contributed by atoms with Crippen LogP contribution in [0.2, 0.25) is 0 Å². The molecule has 1 aromatic carbocycles. The lowest BCUT2D eigenvalue weighted by Crippen LogP contribution is -2.28. The first-order chi connectivity index (χ1) is 11.9. The van der Waals surface area contributed by atoms with Crippen LogP contribution in [0.25, 0.3) is 10.9 Å². The lowest BCUT2D eigenvalue weighted by molar-refractivity contribution is 0.277. The summed E-state index contributed by atoms with van der Waals surface area (Å²) < 4.78 is 28.9. The number of benzene rings is 1. The fourth-order valence-corrected chi connectivity index (χ4v) is 3.73. The summed E-state index contributed by atoms with van der Waals surface area (Å²) in [6, 6.07) is 6.69. The molecule has 1 heterocycles. The van der Waals surface area contributed by atoms with Crippen molar-refractivity contribution in [3.63, 3.8) is 0 Å². The van der Waals surface area contributed by atoms with Crippen molar-refractivity contribution in [2.24, 2.45) is 5.14 Å². The number of fused-ring (bicyclic) bond motifs is 1. The molecule has 0 saturated carbocycles. The predicted octanol–water partition coefficient (Wildman–Crippen LogP) is 2.56. The Bertz CT molecular complexity index is 816. The van der Waals surface area contributed by atoms with Crippen LogP contribution in [0.15, 0.2) is 29.2 Å². The summed E-state index contributed by atoms with van der Waals surface area (Å²) in [5, 5.41) is 5.80. The molecule has 0 atom stereocenters. The third kappa shape index (κ3) is 4.90. The van der Waals surface area contributed by atoms with E-state index in [1.807, 2.05) is 6.07 Å². The van der Waals surface area contributed by atoms with Gasteiger partial charge in [0.25, 0.3) is 0 Å². The number of nitrogens with zero attached hydrogens (tertiary/aromatic N) is 2. The maximum atomic E-state index is 11.8. The highest BCUT2D eigenvalue weighted by atomic mass is 32.2. The molecule has 2 aromatic rings. The first kappa shape index (κ1) is 19.6. The van der Waals surface area contributed by atoms with Crippen molar-refractivity contribution in [3.8, 4) is 5.75 Å². The second-order valence-corrected chi connectivity index (χ2v) is 7.63. The second kappa shape index (κ2) is 8.60. The molecular formula is C18H27N3O3S. The van der Waals surface area contributed by atoms with Crippen LogP contribution in [-0.4, -0.2) is 45.0 Å². The number of pyridine rings is 1. The summed E-state index contributed by atoms with van der Waals surface area (Å²) in [5.74, 6) is 0.545. The quantitative estimate of drug-likeness (QED) is 0.738. The van der Waals surface area contributed by atoms with Crippen molar-refractivity contribution in [3.05, 3.63) is 30.0 Å². The highest BCUT2D eigenvalue weighted by Crippen LogP contribution is 2.29. The maximum absolute atomic E-state index is 11.8. The summed E-state index contributed by atoms with van der Waals surface area (Å²) >= 11 is 0. The van der Waals surface area contributed by atoms with Gasteiger partial charge in [0.15, 0.2) is 0 Å². The number of rotatable bonds is 9. The number of methoxy groups -OCH3 is 1. The van der Waals surface area contributed by atoms with Crippen molar-refractivity contribution < 1.29 is 13.2 Å². The number of ether oxygens (including phenoxy) is 1. The molecule has 1 aromatic heterocycles. The molecule has 0 fully saturated rings. The zero-order valence-electron chi connectivity index (χ0n) is 15.2. The van der Waals surface area contributed by atoms with Gasteiger partial charge in [0.2, 0.25) is 10.0 Å². The van der Waals surface area contributed by atoms with E-state index >= 15 is 0 Å². The molecule has 0 radical (unpaired) electrons. The molecule has 0 aliphatic rings. The molecule has 25 heavy (non-hydrogen) atoms. The molecule has 7 heteroatoms. The summed E-state index contributed by atoms with van der Waals surface area (Å²) in [4.78, 5) is 7.13. The van der Waals surface area contributed by atoms with Crippen LogP contribution in [0.1, 0.15) is 32.4 Å². The Morgan fingerprint density at radius 3 is 2.32 bits per heavy atom. The monoisotopic (exact) mass is 365 g/mol. The Hall–Kier alpha value is -1.70. The van der Waals surface area contributed by atoms with Crippen LogP contribution in [0, 0.1) is 0 Å². The van der Waals surface area contributed by atoms with Crippen molar-refractivity contribution in [1.29, 1.82) is 0 Å². The molecule has 138 valence electrons. The summed E-state index contributed by atoms with van der Waals surface area (Å²) in [6.45, 7) is 7.42. The molecule has 0 aliphatic carbocycles. The zero-order chi connectivity index (χ0) is 18.4. The van der Waals surface area contributed by atoms with E-state index in [4.69, 9.17) is 9.88 Å². The average Bonchev–Trinajstić information content (AvgIpc) is 2.58. The summed E-state index contributed by atoms with van der Waals surface area (Å²) in [6.07, 6.45) is 3.05. The Labute approximate surface area is 150 Å². The smallest absolute Gasteiger partial charge is 0.238 e. The van der Waals surface area contributed by atoms with Gasteiger partial charge in [-0.05, 0) is 50.2 Å². The average molecular weight is 365 g/mol. The molecule has 0 spiro atoms. The van der Waals surface area contributed by atoms with E-state index in [9.17, 15) is 8.42 Å². The van der Waals surface area contributed by atoms with E-state index in [0.717, 1.165) is 44.6 Å². The molecule has 0 amide bonds. The van der Waals surface area contributed by atoms with Gasteiger partial charge < -0.3 is 9.64 Å². The van der Waals surface area contributed by atoms with Crippen LogP contribution < -0.4 is 9.88 Å². The molecule has 0 aliphatic heterocycles. The molecule has 0 unspecified atom stereocenters. The largest absolute Gasteiger partial charge is 0.494 e. The highest BCUT2D eigenvalue weighted by molar-refractivity contribution is 7.89. The van der Waals surface area contributed by atoms with Gasteiger partial charge in [0.1, 0.15) is 11.3 Å². The molecule has 0 saturated heterocycles. The van der Waals surface area contributed by atoms with Gasteiger partial charge in [-0.2, -0.15) is 0 Å². The van der Waals surface area contributed by atoms with Gasteiger partial charge in [-0.25, -0.2) is 18.5 Å². The van der Waals surface area contributed by atoms with Crippen molar-refractivity contribution in [2.75, 3.05) is 26.7 Å². The number of nitrogens with two attached hydrogens (primary N) is 1. The van der Waals surface area contributed by atoms with Crippen molar-refractivity contribution in [2.45, 2.75) is 38.0 Å². The number of hydrogen-bond donors (Lipinski definition) is 1. The fraction of sp³-hybridized carbons (Fsp3) is 0.500. The van der Waals surface area contributed by atoms with E-state index in [-0.39, 0.29) is 4.90 Å². The SMILES string of the molecule is CCCN(CCC)CCc1ccc2c(S(N)(=O)=O)ccc(OC)c2n1. The van der Waals surface area contributed by atoms with Gasteiger partial charge in [0.05, 0.1) is 12.0 Å². The Kier molecular flexibility index (Phi) is 6.75. The van der Waals surface area contributed by atoms with Crippen LogP contribution in [-0.2, 0) is 16.4 Å². The molecule has 2 rings (SSSR count).